The smallest absolute Gasteiger partial charge is 0.391 e. The number of phosphoric acid groups is 1. The van der Waals surface area contributed by atoms with Gasteiger partial charge in [-0.2, -0.15) is 0 Å². The molecule has 54 heavy (non-hydrogen) atoms. The van der Waals surface area contributed by atoms with Gasteiger partial charge in [0.25, 0.3) is 0 Å². The van der Waals surface area contributed by atoms with Crippen molar-refractivity contribution >= 4 is 13.7 Å². The fraction of sp³-hybridized carbons (Fsp3) is 0.756. The van der Waals surface area contributed by atoms with Crippen molar-refractivity contribution in [2.24, 2.45) is 5.73 Å². The minimum atomic E-state index is -4.34. The van der Waals surface area contributed by atoms with Gasteiger partial charge < -0.3 is 21.1 Å². The Morgan fingerprint density at radius 2 is 1.00 bits per heavy atom. The van der Waals surface area contributed by atoms with Gasteiger partial charge in [-0.05, 0) is 38.5 Å². The van der Waals surface area contributed by atoms with Crippen molar-refractivity contribution in [1.29, 1.82) is 0 Å². The third kappa shape index (κ3) is 38.5. The predicted octanol–water partition coefficient (Wildman–Crippen LogP) is 12.3. The zero-order valence-electron chi connectivity index (χ0n) is 34.7. The molecule has 0 radical (unpaired) electrons. The number of amides is 1. The number of rotatable bonds is 40. The second kappa shape index (κ2) is 40.9. The molecule has 0 saturated carbocycles. The SMILES string of the molecule is CC/C=C\C/C=C\C/C=C\C/C=C\C/C=C\CC(=O)NC(COP(=O)(O)OCCN)C(O)CCCCCCCCCCCCCCCCCCCCCC. The zero-order chi connectivity index (χ0) is 39.6. The summed E-state index contributed by atoms with van der Waals surface area (Å²) in [5.41, 5.74) is 5.37. The van der Waals surface area contributed by atoms with Crippen molar-refractivity contribution < 1.29 is 28.4 Å². The Kier molecular flexibility index (Phi) is 39.5. The first-order valence-electron chi connectivity index (χ1n) is 21.9. The van der Waals surface area contributed by atoms with Gasteiger partial charge in [0.15, 0.2) is 0 Å². The molecule has 0 aliphatic carbocycles. The van der Waals surface area contributed by atoms with Gasteiger partial charge in [0.05, 0.1) is 25.4 Å². The highest BCUT2D eigenvalue weighted by atomic mass is 31.2. The monoisotopic (exact) mass is 779 g/mol. The summed E-state index contributed by atoms with van der Waals surface area (Å²) in [5, 5.41) is 13.7. The summed E-state index contributed by atoms with van der Waals surface area (Å²) in [5.74, 6) is -0.289. The lowest BCUT2D eigenvalue weighted by Crippen LogP contribution is -2.46. The van der Waals surface area contributed by atoms with E-state index in [1.165, 1.54) is 109 Å². The number of hydrogen-bond acceptors (Lipinski definition) is 6. The van der Waals surface area contributed by atoms with Crippen LogP contribution in [0.15, 0.2) is 60.8 Å². The van der Waals surface area contributed by atoms with Crippen LogP contribution in [0.25, 0.3) is 0 Å². The summed E-state index contributed by atoms with van der Waals surface area (Å²) in [6, 6.07) is -0.831. The fourth-order valence-electron chi connectivity index (χ4n) is 6.15. The van der Waals surface area contributed by atoms with E-state index in [1.54, 1.807) is 6.08 Å². The van der Waals surface area contributed by atoms with Crippen LogP contribution in [0.3, 0.4) is 0 Å². The molecule has 0 aromatic carbocycles. The summed E-state index contributed by atoms with van der Waals surface area (Å²) in [4.78, 5) is 22.6. The van der Waals surface area contributed by atoms with E-state index in [4.69, 9.17) is 14.8 Å². The standard InChI is InChI=1S/C45H83N2O6P/c1-3-5-7-9-11-13-15-17-19-20-21-22-23-25-26-28-30-32-34-36-38-44(48)43(42-53-54(50,51)52-41-40-46)47-45(49)39-37-35-33-31-29-27-24-18-16-14-12-10-8-6-4-2/h6,8,12,14,18,24,29,31,35,37,43-44,48H,3-5,7,9-11,13,15-17,19-23,25-28,30,32-34,36,38-42,46H2,1-2H3,(H,47,49)(H,50,51)/b8-6-,14-12-,24-18-,31-29-,37-35-. The molecule has 0 aliphatic heterocycles. The minimum Gasteiger partial charge on any atom is -0.391 e. The second-order valence-corrected chi connectivity index (χ2v) is 16.0. The number of phosphoric ester groups is 1. The summed E-state index contributed by atoms with van der Waals surface area (Å²) >= 11 is 0. The summed E-state index contributed by atoms with van der Waals surface area (Å²) in [7, 11) is -4.34. The first-order chi connectivity index (χ1) is 26.4. The highest BCUT2D eigenvalue weighted by Crippen LogP contribution is 2.43. The first-order valence-corrected chi connectivity index (χ1v) is 23.4. The van der Waals surface area contributed by atoms with Crippen LogP contribution < -0.4 is 11.1 Å². The predicted molar refractivity (Wildman–Crippen MR) is 230 cm³/mol. The molecular formula is C45H83N2O6P. The minimum absolute atomic E-state index is 0.0728. The third-order valence-corrected chi connectivity index (χ3v) is 10.4. The van der Waals surface area contributed by atoms with Crippen LogP contribution in [0.1, 0.15) is 187 Å². The molecule has 0 saturated heterocycles. The Morgan fingerprint density at radius 3 is 1.41 bits per heavy atom. The lowest BCUT2D eigenvalue weighted by Gasteiger charge is -2.25. The summed E-state index contributed by atoms with van der Waals surface area (Å²) in [6.45, 7) is 4.02. The van der Waals surface area contributed by atoms with Gasteiger partial charge in [-0.3, -0.25) is 13.8 Å². The molecule has 1 amide bonds. The van der Waals surface area contributed by atoms with Crippen molar-refractivity contribution in [3.8, 4) is 0 Å². The number of aliphatic hydroxyl groups excluding tert-OH is 1. The molecule has 314 valence electrons. The van der Waals surface area contributed by atoms with Gasteiger partial charge in [0, 0.05) is 13.0 Å². The van der Waals surface area contributed by atoms with Crippen LogP contribution >= 0.6 is 7.82 Å². The Hall–Kier alpha value is -1.80. The molecule has 0 fully saturated rings. The van der Waals surface area contributed by atoms with Crippen molar-refractivity contribution in [3.63, 3.8) is 0 Å². The zero-order valence-corrected chi connectivity index (χ0v) is 35.6. The van der Waals surface area contributed by atoms with Crippen molar-refractivity contribution in [3.05, 3.63) is 60.8 Å². The molecule has 5 N–H and O–H groups in total. The molecule has 0 aliphatic rings. The van der Waals surface area contributed by atoms with E-state index in [-0.39, 0.29) is 32.1 Å². The van der Waals surface area contributed by atoms with Gasteiger partial charge in [-0.15, -0.1) is 0 Å². The quantitative estimate of drug-likeness (QED) is 0.0277. The van der Waals surface area contributed by atoms with Crippen molar-refractivity contribution in [2.75, 3.05) is 19.8 Å². The Bertz CT molecular complexity index is 1030. The third-order valence-electron chi connectivity index (χ3n) is 9.41. The molecule has 0 aromatic rings. The molecule has 0 heterocycles. The number of nitrogens with one attached hydrogen (secondary N) is 1. The number of carbonyl (C=O) groups is 1. The summed E-state index contributed by atoms with van der Waals surface area (Å²) in [6.07, 6.45) is 51.2. The Morgan fingerprint density at radius 1 is 0.611 bits per heavy atom. The van der Waals surface area contributed by atoms with E-state index >= 15 is 0 Å². The van der Waals surface area contributed by atoms with E-state index < -0.39 is 20.0 Å². The number of hydrogen-bond donors (Lipinski definition) is 4. The molecule has 9 heteroatoms. The lowest BCUT2D eigenvalue weighted by molar-refractivity contribution is -0.122. The fourth-order valence-corrected chi connectivity index (χ4v) is 6.91. The number of allylic oxidation sites excluding steroid dienone is 9. The molecule has 0 spiro atoms. The average molecular weight is 779 g/mol. The molecule has 3 unspecified atom stereocenters. The topological polar surface area (TPSA) is 131 Å². The van der Waals surface area contributed by atoms with Crippen molar-refractivity contribution in [1.82, 2.24) is 5.32 Å². The number of aliphatic hydroxyl groups is 1. The van der Waals surface area contributed by atoms with Crippen LogP contribution in [0.5, 0.6) is 0 Å². The highest BCUT2D eigenvalue weighted by molar-refractivity contribution is 7.47. The van der Waals surface area contributed by atoms with Gasteiger partial charge in [0.2, 0.25) is 5.91 Å². The Balaban J connectivity index is 4.25. The van der Waals surface area contributed by atoms with Crippen LogP contribution in [0.4, 0.5) is 0 Å². The van der Waals surface area contributed by atoms with E-state index in [0.717, 1.165) is 44.9 Å². The first kappa shape index (κ1) is 52.2. The molecular weight excluding hydrogens is 695 g/mol. The van der Waals surface area contributed by atoms with E-state index in [2.05, 4.69) is 67.8 Å². The molecule has 0 aromatic heterocycles. The molecule has 0 rings (SSSR count). The lowest BCUT2D eigenvalue weighted by atomic mass is 10.0. The van der Waals surface area contributed by atoms with Crippen molar-refractivity contribution in [2.45, 2.75) is 199 Å². The number of unbranched alkanes of at least 4 members (excludes halogenated alkanes) is 19. The van der Waals surface area contributed by atoms with E-state index in [9.17, 15) is 19.4 Å². The maximum absolute atomic E-state index is 12.7. The average Bonchev–Trinajstić information content (AvgIpc) is 3.16. The number of nitrogens with two attached hydrogens (primary N) is 1. The van der Waals surface area contributed by atoms with Crippen LogP contribution in [0.2, 0.25) is 0 Å². The maximum atomic E-state index is 12.7. The van der Waals surface area contributed by atoms with Crippen LogP contribution in [-0.4, -0.2) is 47.8 Å². The van der Waals surface area contributed by atoms with Gasteiger partial charge in [-0.1, -0.05) is 203 Å². The van der Waals surface area contributed by atoms with E-state index in [0.29, 0.717) is 12.8 Å². The molecule has 8 nitrogen and oxygen atoms in total. The highest BCUT2D eigenvalue weighted by Gasteiger charge is 2.27. The number of carbonyl (C=O) groups excluding carboxylic acids is 1. The molecule has 3 atom stereocenters. The van der Waals surface area contributed by atoms with E-state index in [1.807, 2.05) is 6.08 Å². The summed E-state index contributed by atoms with van der Waals surface area (Å²) < 4.78 is 22.1. The second-order valence-electron chi connectivity index (χ2n) is 14.5. The van der Waals surface area contributed by atoms with Crippen LogP contribution in [0, 0.1) is 0 Å². The van der Waals surface area contributed by atoms with Gasteiger partial charge in [-0.25, -0.2) is 4.57 Å². The largest absolute Gasteiger partial charge is 0.472 e. The van der Waals surface area contributed by atoms with Gasteiger partial charge in [0.1, 0.15) is 0 Å². The maximum Gasteiger partial charge on any atom is 0.472 e. The van der Waals surface area contributed by atoms with Crippen LogP contribution in [-0.2, 0) is 18.4 Å². The van der Waals surface area contributed by atoms with Gasteiger partial charge >= 0.3 is 7.82 Å². The normalized spacial score (nSPS) is 14.7. The molecule has 0 bridgehead atoms. The Labute approximate surface area is 332 Å².